The summed E-state index contributed by atoms with van der Waals surface area (Å²) in [7, 11) is 0. The first kappa shape index (κ1) is 11.2. The maximum Gasteiger partial charge on any atom is 0.138 e. The zero-order valence-corrected chi connectivity index (χ0v) is 8.42. The number of aliphatic hydroxyl groups excluding tert-OH is 1. The second-order valence-corrected chi connectivity index (χ2v) is 3.62. The lowest BCUT2D eigenvalue weighted by Crippen LogP contribution is -2.44. The molecule has 1 rings (SSSR count). The molecule has 1 fully saturated rings. The third-order valence-corrected chi connectivity index (χ3v) is 2.48. The van der Waals surface area contributed by atoms with Gasteiger partial charge in [0.2, 0.25) is 0 Å². The number of rotatable bonds is 4. The Hall–Kier alpha value is 0.160. The maximum atomic E-state index is 13.0. The Morgan fingerprint density at radius 2 is 2.38 bits per heavy atom. The fourth-order valence-corrected chi connectivity index (χ4v) is 1.64. The van der Waals surface area contributed by atoms with E-state index in [0.717, 1.165) is 19.5 Å². The molecule has 78 valence electrons. The molecule has 0 unspecified atom stereocenters. The van der Waals surface area contributed by atoms with Crippen molar-refractivity contribution >= 4 is 12.9 Å². The summed E-state index contributed by atoms with van der Waals surface area (Å²) in [6.45, 7) is 2.51. The number of thiol groups is 1. The molecule has 1 N–H and O–H groups in total. The van der Waals surface area contributed by atoms with Gasteiger partial charge in [-0.25, -0.2) is 4.39 Å². The lowest BCUT2D eigenvalue weighted by molar-refractivity contribution is 0.00559. The van der Waals surface area contributed by atoms with Crippen molar-refractivity contribution in [2.24, 2.45) is 0 Å². The predicted molar refractivity (Wildman–Crippen MR) is 51.5 cm³/mol. The topological polar surface area (TPSA) is 32.7 Å². The molecule has 0 bridgehead atoms. The van der Waals surface area contributed by atoms with E-state index < -0.39 is 12.3 Å². The molecule has 3 nitrogen and oxygen atoms in total. The van der Waals surface area contributed by atoms with E-state index >= 15 is 0 Å². The van der Waals surface area contributed by atoms with Crippen LogP contribution < -0.4 is 0 Å². The summed E-state index contributed by atoms with van der Waals surface area (Å²) in [5, 5.41) is 9.13. The van der Waals surface area contributed by atoms with Crippen LogP contribution in [0.25, 0.3) is 0 Å². The average molecular weight is 209 g/mol. The Labute approximate surface area is 83.5 Å². The molecule has 0 amide bonds. The lowest BCUT2D eigenvalue weighted by Gasteiger charge is -2.31. The number of nitrogens with zero attached hydrogens (tertiary/aromatic N) is 1. The Balaban J connectivity index is 2.14. The second-order valence-electron chi connectivity index (χ2n) is 3.36. The van der Waals surface area contributed by atoms with Gasteiger partial charge < -0.3 is 14.2 Å². The van der Waals surface area contributed by atoms with Crippen molar-refractivity contribution in [3.63, 3.8) is 0 Å². The minimum absolute atomic E-state index is 0.341. The van der Waals surface area contributed by atoms with E-state index in [1.807, 2.05) is 4.90 Å². The molecule has 1 saturated heterocycles. The van der Waals surface area contributed by atoms with Gasteiger partial charge in [0.05, 0.1) is 12.7 Å². The molecule has 1 heterocycles. The number of halogens is 1. The number of hydrogen-bond acceptors (Lipinski definition) is 4. The van der Waals surface area contributed by atoms with Crippen molar-refractivity contribution in [3.8, 4) is 0 Å². The Bertz CT molecular complexity index is 150. The fourth-order valence-electron chi connectivity index (χ4n) is 1.51. The highest BCUT2D eigenvalue weighted by Crippen LogP contribution is 2.13. The van der Waals surface area contributed by atoms with Gasteiger partial charge in [-0.2, -0.15) is 0 Å². The molecule has 0 aromatic rings. The van der Waals surface area contributed by atoms with Gasteiger partial charge in [-0.1, -0.05) is 0 Å². The molecule has 1 aliphatic heterocycles. The third-order valence-electron chi connectivity index (χ3n) is 2.30. The van der Waals surface area contributed by atoms with E-state index in [1.54, 1.807) is 0 Å². The van der Waals surface area contributed by atoms with Crippen LogP contribution in [0.1, 0.15) is 12.8 Å². The molecule has 0 aromatic heterocycles. The summed E-state index contributed by atoms with van der Waals surface area (Å²) in [5.74, 6) is 0. The number of alkyl halides is 1. The van der Waals surface area contributed by atoms with Crippen molar-refractivity contribution < 1.29 is 13.7 Å². The van der Waals surface area contributed by atoms with E-state index in [4.69, 9.17) is 5.11 Å². The number of likely N-dealkylation sites (tertiary alicyclic amines) is 1. The van der Waals surface area contributed by atoms with Gasteiger partial charge in [-0.3, -0.25) is 0 Å². The number of hydrogen-bond donors (Lipinski definition) is 2. The van der Waals surface area contributed by atoms with Crippen LogP contribution in [-0.2, 0) is 4.18 Å². The van der Waals surface area contributed by atoms with E-state index in [0.29, 0.717) is 19.6 Å². The molecule has 1 aliphatic rings. The molecule has 5 heteroatoms. The van der Waals surface area contributed by atoms with E-state index in [1.165, 1.54) is 0 Å². The smallest absolute Gasteiger partial charge is 0.138 e. The summed E-state index contributed by atoms with van der Waals surface area (Å²) in [6, 6.07) is 0. The Morgan fingerprint density at radius 3 is 3.00 bits per heavy atom. The highest BCUT2D eigenvalue weighted by molar-refractivity contribution is 7.75. The largest absolute Gasteiger partial charge is 0.390 e. The molecule has 0 radical (unpaired) electrons. The first-order chi connectivity index (χ1) is 6.24. The zero-order valence-electron chi connectivity index (χ0n) is 7.53. The molecule has 13 heavy (non-hydrogen) atoms. The predicted octanol–water partition coefficient (Wildman–Crippen LogP) is 0.643. The van der Waals surface area contributed by atoms with Crippen molar-refractivity contribution in [1.82, 2.24) is 4.90 Å². The van der Waals surface area contributed by atoms with Crippen molar-refractivity contribution in [2.75, 3.05) is 26.2 Å². The standard InChI is InChI=1S/C8H16FNO2S/c9-7-6-10(3-1-5-12-13)4-2-8(7)11/h7-8,11,13H,1-6H2/t7-,8-/m0/s1. The second kappa shape index (κ2) is 5.80. The number of aliphatic hydroxyl groups is 1. The van der Waals surface area contributed by atoms with Crippen molar-refractivity contribution in [1.29, 1.82) is 0 Å². The van der Waals surface area contributed by atoms with E-state index in [2.05, 4.69) is 17.1 Å². The molecule has 0 saturated carbocycles. The van der Waals surface area contributed by atoms with Gasteiger partial charge in [0.1, 0.15) is 6.17 Å². The normalized spacial score (nSPS) is 30.7. The van der Waals surface area contributed by atoms with Crippen molar-refractivity contribution in [2.45, 2.75) is 25.1 Å². The fraction of sp³-hybridized carbons (Fsp3) is 1.00. The van der Waals surface area contributed by atoms with Gasteiger partial charge >= 0.3 is 0 Å². The Kier molecular flexibility index (Phi) is 5.01. The van der Waals surface area contributed by atoms with Gasteiger partial charge in [0.15, 0.2) is 0 Å². The average Bonchev–Trinajstić information content (AvgIpc) is 2.12. The summed E-state index contributed by atoms with van der Waals surface area (Å²) in [4.78, 5) is 2.00. The van der Waals surface area contributed by atoms with Crippen LogP contribution in [0, 0.1) is 0 Å². The van der Waals surface area contributed by atoms with Crippen molar-refractivity contribution in [3.05, 3.63) is 0 Å². The quantitative estimate of drug-likeness (QED) is 0.405. The maximum absolute atomic E-state index is 13.0. The highest BCUT2D eigenvalue weighted by Gasteiger charge is 2.26. The van der Waals surface area contributed by atoms with E-state index in [9.17, 15) is 4.39 Å². The highest BCUT2D eigenvalue weighted by atomic mass is 32.1. The first-order valence-electron chi connectivity index (χ1n) is 4.55. The van der Waals surface area contributed by atoms with Gasteiger partial charge in [-0.15, -0.1) is 0 Å². The van der Waals surface area contributed by atoms with E-state index in [-0.39, 0.29) is 0 Å². The van der Waals surface area contributed by atoms with Crippen LogP contribution in [-0.4, -0.2) is 48.5 Å². The molecule has 2 atom stereocenters. The third kappa shape index (κ3) is 3.81. The van der Waals surface area contributed by atoms with Gasteiger partial charge in [0.25, 0.3) is 0 Å². The molecule has 0 aromatic carbocycles. The molecule has 0 aliphatic carbocycles. The minimum atomic E-state index is -1.09. The summed E-state index contributed by atoms with van der Waals surface area (Å²) < 4.78 is 17.6. The van der Waals surface area contributed by atoms with Crippen LogP contribution in [0.4, 0.5) is 4.39 Å². The number of piperidine rings is 1. The molecule has 0 spiro atoms. The molecular weight excluding hydrogens is 193 g/mol. The first-order valence-corrected chi connectivity index (χ1v) is 4.91. The lowest BCUT2D eigenvalue weighted by atomic mass is 10.1. The summed E-state index contributed by atoms with van der Waals surface area (Å²) in [5.41, 5.74) is 0. The van der Waals surface area contributed by atoms with Crippen LogP contribution in [0.2, 0.25) is 0 Å². The van der Waals surface area contributed by atoms with Crippen LogP contribution in [0.5, 0.6) is 0 Å². The molecular formula is C8H16FNO2S. The van der Waals surface area contributed by atoms with Gasteiger partial charge in [-0.05, 0) is 25.8 Å². The summed E-state index contributed by atoms with van der Waals surface area (Å²) >= 11 is 3.62. The summed E-state index contributed by atoms with van der Waals surface area (Å²) in [6.07, 6.45) is -0.474. The zero-order chi connectivity index (χ0) is 9.68. The van der Waals surface area contributed by atoms with Crippen LogP contribution in [0.3, 0.4) is 0 Å². The van der Waals surface area contributed by atoms with Crippen LogP contribution in [0.15, 0.2) is 0 Å². The monoisotopic (exact) mass is 209 g/mol. The van der Waals surface area contributed by atoms with Gasteiger partial charge in [0, 0.05) is 19.6 Å². The van der Waals surface area contributed by atoms with Crippen LogP contribution >= 0.6 is 12.9 Å². The SMILES string of the molecule is O[C@H]1CCN(CCCOS)C[C@@H]1F. The Morgan fingerprint density at radius 1 is 1.62 bits per heavy atom. The minimum Gasteiger partial charge on any atom is -0.390 e.